The normalized spacial score (nSPS) is 13.3. The van der Waals surface area contributed by atoms with Gasteiger partial charge in [-0.05, 0) is 164 Å². The van der Waals surface area contributed by atoms with E-state index in [2.05, 4.69) is 257 Å². The van der Waals surface area contributed by atoms with Crippen molar-refractivity contribution < 1.29 is 4.42 Å². The lowest BCUT2D eigenvalue weighted by Gasteiger charge is -2.33. The van der Waals surface area contributed by atoms with Crippen LogP contribution in [0.5, 0.6) is 0 Å². The first kappa shape index (κ1) is 46.9. The number of furan rings is 1. The maximum atomic E-state index is 8.09. The Morgan fingerprint density at radius 1 is 0.429 bits per heavy atom. The molecule has 1 aliphatic carbocycles. The van der Waals surface area contributed by atoms with Crippen molar-refractivity contribution in [3.8, 4) is 33.6 Å². The predicted octanol–water partition coefficient (Wildman–Crippen LogP) is 19.9. The lowest BCUT2D eigenvalue weighted by Crippen LogP contribution is -2.17. The van der Waals surface area contributed by atoms with Gasteiger partial charge in [-0.3, -0.25) is 0 Å². The van der Waals surface area contributed by atoms with E-state index in [1.165, 1.54) is 38.9 Å². The van der Waals surface area contributed by atoms with E-state index >= 15 is 0 Å². The number of hydrogen-bond acceptors (Lipinski definition) is 3. The minimum absolute atomic E-state index is 0.00562. The molecule has 8 aromatic carbocycles. The van der Waals surface area contributed by atoms with E-state index in [0.29, 0.717) is 5.02 Å². The number of nitrogens with zero attached hydrogens (tertiary/aromatic N) is 2. The standard InChI is InChI=1S/C66H65ClN2O/c1-42-35-58(68(50-28-22-47(23-29-50)63(2,3)4)51-30-24-48(25-31-51)64(5,6)7)62(67)59(36-42)69(52-32-26-49(27-33-52)65(8,9)10)53-38-45(37-46(39-53)61-41-44-17-13-16-20-60(44)70-61)43-21-34-55-54-18-14-15-19-56(54)66(11,12)57(55)40-43/h13-41H,1-12H3. The molecule has 0 bridgehead atoms. The molecule has 1 heterocycles. The topological polar surface area (TPSA) is 19.6 Å². The van der Waals surface area contributed by atoms with Crippen LogP contribution in [0.3, 0.4) is 0 Å². The van der Waals surface area contributed by atoms with Crippen LogP contribution in [0.1, 0.15) is 110 Å². The Morgan fingerprint density at radius 2 is 0.900 bits per heavy atom. The van der Waals surface area contributed by atoms with Gasteiger partial charge in [0.1, 0.15) is 11.3 Å². The van der Waals surface area contributed by atoms with Gasteiger partial charge in [-0.1, -0.05) is 179 Å². The maximum absolute atomic E-state index is 8.09. The molecule has 0 fully saturated rings. The number of halogens is 1. The maximum Gasteiger partial charge on any atom is 0.135 e. The van der Waals surface area contributed by atoms with Crippen molar-refractivity contribution in [3.63, 3.8) is 0 Å². The lowest BCUT2D eigenvalue weighted by molar-refractivity contribution is 0.590. The zero-order valence-electron chi connectivity index (χ0n) is 42.9. The van der Waals surface area contributed by atoms with Gasteiger partial charge < -0.3 is 14.2 Å². The number of rotatable bonds is 8. The molecule has 0 spiro atoms. The second kappa shape index (κ2) is 17.2. The molecule has 9 aromatic rings. The van der Waals surface area contributed by atoms with Crippen LogP contribution in [0.15, 0.2) is 180 Å². The summed E-state index contributed by atoms with van der Waals surface area (Å²) in [7, 11) is 0. The van der Waals surface area contributed by atoms with E-state index < -0.39 is 0 Å². The Bertz CT molecular complexity index is 3320. The van der Waals surface area contributed by atoms with Gasteiger partial charge in [0, 0.05) is 39.1 Å². The van der Waals surface area contributed by atoms with Crippen molar-refractivity contribution >= 4 is 56.7 Å². The molecule has 0 N–H and O–H groups in total. The fourth-order valence-corrected chi connectivity index (χ4v) is 10.6. The highest BCUT2D eigenvalue weighted by Gasteiger charge is 2.35. The summed E-state index contributed by atoms with van der Waals surface area (Å²) in [6.45, 7) is 27.2. The first-order valence-electron chi connectivity index (χ1n) is 24.8. The molecule has 0 aliphatic heterocycles. The number of fused-ring (bicyclic) bond motifs is 4. The van der Waals surface area contributed by atoms with Crippen LogP contribution in [-0.4, -0.2) is 0 Å². The van der Waals surface area contributed by atoms with Crippen LogP contribution in [0.4, 0.5) is 34.1 Å². The monoisotopic (exact) mass is 936 g/mol. The van der Waals surface area contributed by atoms with Crippen molar-refractivity contribution in [2.45, 2.75) is 105 Å². The molecule has 0 saturated heterocycles. The second-order valence-electron chi connectivity index (χ2n) is 23.0. The molecule has 0 radical (unpaired) electrons. The van der Waals surface area contributed by atoms with Crippen LogP contribution in [0.25, 0.3) is 44.5 Å². The van der Waals surface area contributed by atoms with Crippen LogP contribution < -0.4 is 9.80 Å². The Balaban J connectivity index is 1.21. The molecule has 0 saturated carbocycles. The number of benzene rings is 8. The summed E-state index contributed by atoms with van der Waals surface area (Å²) in [5.41, 5.74) is 19.9. The highest BCUT2D eigenvalue weighted by Crippen LogP contribution is 2.52. The van der Waals surface area contributed by atoms with Gasteiger partial charge >= 0.3 is 0 Å². The largest absolute Gasteiger partial charge is 0.456 e. The minimum atomic E-state index is -0.153. The molecule has 3 nitrogen and oxygen atoms in total. The molecule has 10 rings (SSSR count). The summed E-state index contributed by atoms with van der Waals surface area (Å²) in [5.74, 6) is 0.806. The zero-order valence-corrected chi connectivity index (χ0v) is 43.7. The molecule has 70 heavy (non-hydrogen) atoms. The van der Waals surface area contributed by atoms with Gasteiger partial charge in [0.25, 0.3) is 0 Å². The Labute approximate surface area is 421 Å². The highest BCUT2D eigenvalue weighted by molar-refractivity contribution is 6.36. The molecule has 4 heteroatoms. The number of para-hydroxylation sites is 1. The summed E-state index contributed by atoms with van der Waals surface area (Å²) in [6.07, 6.45) is 0. The van der Waals surface area contributed by atoms with Crippen LogP contribution in [0, 0.1) is 6.92 Å². The Kier molecular flexibility index (Phi) is 11.6. The number of anilines is 6. The van der Waals surface area contributed by atoms with E-state index in [1.54, 1.807) is 0 Å². The van der Waals surface area contributed by atoms with Gasteiger partial charge in [-0.2, -0.15) is 0 Å². The third kappa shape index (κ3) is 8.64. The molecule has 1 aromatic heterocycles. The molecular formula is C66H65ClN2O. The second-order valence-corrected chi connectivity index (χ2v) is 23.4. The van der Waals surface area contributed by atoms with Crippen molar-refractivity contribution in [2.24, 2.45) is 0 Å². The van der Waals surface area contributed by atoms with Gasteiger partial charge in [0.2, 0.25) is 0 Å². The van der Waals surface area contributed by atoms with Crippen molar-refractivity contribution in [1.82, 2.24) is 0 Å². The summed E-state index contributed by atoms with van der Waals surface area (Å²) in [4.78, 5) is 4.66. The third-order valence-corrected chi connectivity index (χ3v) is 14.8. The highest BCUT2D eigenvalue weighted by atomic mass is 35.5. The summed E-state index contributed by atoms with van der Waals surface area (Å²) in [5, 5.41) is 1.70. The third-order valence-electron chi connectivity index (χ3n) is 14.4. The van der Waals surface area contributed by atoms with Gasteiger partial charge in [-0.25, -0.2) is 0 Å². The fourth-order valence-electron chi connectivity index (χ4n) is 10.3. The van der Waals surface area contributed by atoms with E-state index in [0.717, 1.165) is 73.1 Å². The Hall–Kier alpha value is -6.81. The summed E-state index contributed by atoms with van der Waals surface area (Å²) < 4.78 is 6.69. The molecule has 0 atom stereocenters. The lowest BCUT2D eigenvalue weighted by atomic mass is 9.81. The Morgan fingerprint density at radius 3 is 1.43 bits per heavy atom. The zero-order chi connectivity index (χ0) is 49.5. The molecule has 0 unspecified atom stereocenters. The summed E-state index contributed by atoms with van der Waals surface area (Å²) in [6, 6.07) is 64.6. The molecular weight excluding hydrogens is 872 g/mol. The van der Waals surface area contributed by atoms with Gasteiger partial charge in [0.15, 0.2) is 0 Å². The summed E-state index contributed by atoms with van der Waals surface area (Å²) >= 11 is 8.09. The van der Waals surface area contributed by atoms with Gasteiger partial charge in [-0.15, -0.1) is 0 Å². The van der Waals surface area contributed by atoms with Crippen molar-refractivity contribution in [1.29, 1.82) is 0 Å². The predicted molar refractivity (Wildman–Crippen MR) is 300 cm³/mol. The first-order valence-corrected chi connectivity index (χ1v) is 25.1. The molecule has 352 valence electrons. The minimum Gasteiger partial charge on any atom is -0.456 e. The first-order chi connectivity index (χ1) is 33.1. The molecule has 1 aliphatic rings. The molecule has 0 amide bonds. The van der Waals surface area contributed by atoms with E-state index in [9.17, 15) is 0 Å². The van der Waals surface area contributed by atoms with Crippen LogP contribution in [-0.2, 0) is 21.7 Å². The fraction of sp³-hybridized carbons (Fsp3) is 0.242. The number of hydrogen-bond donors (Lipinski definition) is 0. The van der Waals surface area contributed by atoms with Crippen molar-refractivity contribution in [3.05, 3.63) is 214 Å². The van der Waals surface area contributed by atoms with Crippen LogP contribution in [0.2, 0.25) is 5.02 Å². The average molecular weight is 938 g/mol. The average Bonchev–Trinajstić information content (AvgIpc) is 3.86. The van der Waals surface area contributed by atoms with Gasteiger partial charge in [0.05, 0.1) is 16.4 Å². The SMILES string of the molecule is Cc1cc(N(c2ccc(C(C)(C)C)cc2)c2ccc(C(C)(C)C)cc2)c(Cl)c(N(c2ccc(C(C)(C)C)cc2)c2cc(-c3ccc4c(c3)C(C)(C)c3ccccc3-4)cc(-c3cc4ccccc4o3)c2)c1. The van der Waals surface area contributed by atoms with E-state index in [1.807, 2.05) is 12.1 Å². The smallest absolute Gasteiger partial charge is 0.135 e. The van der Waals surface area contributed by atoms with Crippen molar-refractivity contribution in [2.75, 3.05) is 9.80 Å². The van der Waals surface area contributed by atoms with E-state index in [-0.39, 0.29) is 21.7 Å². The van der Waals surface area contributed by atoms with Crippen LogP contribution >= 0.6 is 11.6 Å². The quantitative estimate of drug-likeness (QED) is 0.151. The van der Waals surface area contributed by atoms with E-state index in [4.69, 9.17) is 16.0 Å². The number of aryl methyl sites for hydroxylation is 1.